The Balaban J connectivity index is 1.49. The molecular weight excluding hydrogens is 993 g/mol. The fraction of sp³-hybridized carbons (Fsp3) is 0.250. The molecule has 8 heteroatoms. The predicted molar refractivity (Wildman–Crippen MR) is 269 cm³/mol. The molecule has 325 valence electrons. The number of fused-ring (bicyclic) bond motifs is 2. The Labute approximate surface area is 388 Å². The van der Waals surface area contributed by atoms with Crippen molar-refractivity contribution >= 4 is 56.8 Å². The summed E-state index contributed by atoms with van der Waals surface area (Å²) in [5.74, 6) is 0.449. The van der Waals surface area contributed by atoms with Crippen molar-refractivity contribution in [1.29, 1.82) is 0 Å². The number of hydrogen-bond acceptors (Lipinski definition) is 2. The molecule has 6 aromatic rings. The van der Waals surface area contributed by atoms with Gasteiger partial charge in [-0.05, 0) is 0 Å². The quantitative estimate of drug-likeness (QED) is 0.101. The van der Waals surface area contributed by atoms with Gasteiger partial charge in [0.25, 0.3) is 0 Å². The van der Waals surface area contributed by atoms with Crippen molar-refractivity contribution < 1.29 is 25.5 Å². The van der Waals surface area contributed by atoms with Gasteiger partial charge in [0.2, 0.25) is 0 Å². The second-order valence-electron chi connectivity index (χ2n) is 18.4. The number of amides is 2. The van der Waals surface area contributed by atoms with Crippen LogP contribution in [0.2, 0.25) is 0 Å². The van der Waals surface area contributed by atoms with Gasteiger partial charge in [-0.3, -0.25) is 0 Å². The van der Waals surface area contributed by atoms with Gasteiger partial charge in [0.1, 0.15) is 0 Å². The van der Waals surface area contributed by atoms with Crippen LogP contribution < -0.4 is 10.5 Å². The monoisotopic (exact) mass is 1050 g/mol. The van der Waals surface area contributed by atoms with Crippen molar-refractivity contribution in [3.8, 4) is 22.3 Å². The van der Waals surface area contributed by atoms with Gasteiger partial charge in [-0.25, -0.2) is 0 Å². The molecule has 64 heavy (non-hydrogen) atoms. The van der Waals surface area contributed by atoms with E-state index in [1.54, 1.807) is 0 Å². The van der Waals surface area contributed by atoms with Crippen molar-refractivity contribution in [3.05, 3.63) is 190 Å². The molecule has 0 heterocycles. The summed E-state index contributed by atoms with van der Waals surface area (Å²) in [5.41, 5.74) is 15.2. The normalized spacial score (nSPS) is 16.1. The van der Waals surface area contributed by atoms with Crippen LogP contribution in [0, 0.1) is 11.8 Å². The molecule has 0 bridgehead atoms. The zero-order chi connectivity index (χ0) is 45.2. The Kier molecular flexibility index (Phi) is 13.6. The van der Waals surface area contributed by atoms with Gasteiger partial charge in [0.05, 0.1) is 0 Å². The Morgan fingerprint density at radius 3 is 1.25 bits per heavy atom. The third-order valence-electron chi connectivity index (χ3n) is 13.1. The summed E-state index contributed by atoms with van der Waals surface area (Å²) in [7, 11) is 18.4. The van der Waals surface area contributed by atoms with E-state index in [-0.39, 0.29) is 24.7 Å². The number of nitrogens with one attached hydrogen (secondary N) is 2. The van der Waals surface area contributed by atoms with Crippen LogP contribution in [0.25, 0.3) is 45.6 Å². The van der Waals surface area contributed by atoms with Crippen LogP contribution in [0.15, 0.2) is 146 Å². The molecule has 6 aromatic carbocycles. The number of carbonyl (C=O) groups is 2. The number of halogens is 2. The molecule has 2 aliphatic carbocycles. The summed E-state index contributed by atoms with van der Waals surface area (Å²) in [6.45, 7) is 12.7. The number of carbonyl (C=O) groups excluding carboxylic acids is 2. The number of allylic oxidation sites excluding steroid dienone is 2. The minimum absolute atomic E-state index is 0.192. The van der Waals surface area contributed by atoms with E-state index in [1.165, 1.54) is 22.3 Å². The average molecular weight is 1050 g/mol. The van der Waals surface area contributed by atoms with Crippen LogP contribution in [0.5, 0.6) is 0 Å². The third-order valence-corrected chi connectivity index (χ3v) is 41.2. The predicted octanol–water partition coefficient (Wildman–Crippen LogP) is 14.3. The van der Waals surface area contributed by atoms with E-state index in [9.17, 15) is 26.7 Å². The molecule has 0 saturated heterocycles. The van der Waals surface area contributed by atoms with Crippen molar-refractivity contribution in [3.63, 3.8) is 0 Å². The van der Waals surface area contributed by atoms with Crippen LogP contribution in [0.4, 0.5) is 0 Å². The average Bonchev–Trinajstić information content (AvgIpc) is 3.91. The SMILES string of the molecule is CCC(=O)N[B](NC(=O)CC)[Hf]([Cl])([Cl])([CH]1C(c2ccccc2)=Cc2c(-c3ccccc3CC(C)C)cccc21)[CH]1C(c2ccccc2)=Cc2c(-c3ccccc3CC(C)C)cccc21. The zero-order valence-electron chi connectivity index (χ0n) is 37.8. The molecule has 8 rings (SSSR count). The first-order valence-electron chi connectivity index (χ1n) is 23.0. The van der Waals surface area contributed by atoms with Gasteiger partial charge in [0.15, 0.2) is 0 Å². The summed E-state index contributed by atoms with van der Waals surface area (Å²) in [6, 6.07) is 51.2. The van der Waals surface area contributed by atoms with E-state index in [0.29, 0.717) is 11.8 Å². The van der Waals surface area contributed by atoms with Crippen LogP contribution >= 0.6 is 17.2 Å². The second kappa shape index (κ2) is 19.0. The van der Waals surface area contributed by atoms with Crippen molar-refractivity contribution in [2.24, 2.45) is 11.8 Å². The van der Waals surface area contributed by atoms with Gasteiger partial charge < -0.3 is 0 Å². The second-order valence-corrected chi connectivity index (χ2v) is 48.9. The molecule has 0 fully saturated rings. The fourth-order valence-electron chi connectivity index (χ4n) is 10.4. The van der Waals surface area contributed by atoms with E-state index in [2.05, 4.69) is 184 Å². The van der Waals surface area contributed by atoms with Crippen LogP contribution in [-0.4, -0.2) is 16.4 Å². The van der Waals surface area contributed by atoms with E-state index in [4.69, 9.17) is 0 Å². The molecule has 0 aliphatic heterocycles. The first-order valence-corrected chi connectivity index (χ1v) is 38.1. The molecule has 0 saturated carbocycles. The Morgan fingerprint density at radius 1 is 0.516 bits per heavy atom. The van der Waals surface area contributed by atoms with Crippen molar-refractivity contribution in [2.45, 2.75) is 74.6 Å². The van der Waals surface area contributed by atoms with Crippen LogP contribution in [0.3, 0.4) is 0 Å². The number of rotatable bonds is 15. The van der Waals surface area contributed by atoms with Crippen LogP contribution in [0.1, 0.15) is 106 Å². The third kappa shape index (κ3) is 8.59. The van der Waals surface area contributed by atoms with Crippen LogP contribution in [-0.2, 0) is 38.3 Å². The summed E-state index contributed by atoms with van der Waals surface area (Å²) in [6.07, 6.45) is 6.84. The van der Waals surface area contributed by atoms with Gasteiger partial charge in [-0.15, -0.1) is 0 Å². The molecule has 2 amide bonds. The van der Waals surface area contributed by atoms with E-state index >= 15 is 0 Å². The summed E-state index contributed by atoms with van der Waals surface area (Å²) in [5, 5.41) is 6.67. The van der Waals surface area contributed by atoms with E-state index in [1.807, 2.05) is 26.0 Å². The Bertz CT molecular complexity index is 2580. The molecule has 2 N–H and O–H groups in total. The summed E-state index contributed by atoms with van der Waals surface area (Å²) >= 11 is -6.54. The molecule has 4 nitrogen and oxygen atoms in total. The fourth-order valence-corrected chi connectivity index (χ4v) is 38.7. The molecule has 0 spiro atoms. The molecule has 2 unspecified atom stereocenters. The van der Waals surface area contributed by atoms with E-state index < -0.39 is 27.8 Å². The topological polar surface area (TPSA) is 58.2 Å². The summed E-state index contributed by atoms with van der Waals surface area (Å²) < 4.78 is -2.21. The maximum absolute atomic E-state index is 14.1. The standard InChI is InChI=1S/2C25H23.C6H11BN2O2.2ClH.Hf/c2*1-18(2)15-20-11-6-7-13-23(20)24-14-8-12-21-16-22(17-25(21)24)19-9-4-3-5-10-19;1-3-5(10)8-7-9-6(11)4-2;;;/h2*3-14,16-18H,15H2,1-2H3;3-4H2,1-2H3,(H-,8,9,10,11);2*1H;/q;;;;;+1/p-1. The number of hydrogen-bond donors (Lipinski definition) is 2. The first-order chi connectivity index (χ1) is 30.8. The van der Waals surface area contributed by atoms with Crippen molar-refractivity contribution in [1.82, 2.24) is 10.5 Å². The first kappa shape index (κ1) is 45.8. The minimum atomic E-state index is -6.54. The molecular formula is C56H58BCl2HfN2O2. The van der Waals surface area contributed by atoms with Gasteiger partial charge in [0, 0.05) is 0 Å². The molecule has 2 atom stereocenters. The van der Waals surface area contributed by atoms with Gasteiger partial charge in [-0.2, -0.15) is 0 Å². The van der Waals surface area contributed by atoms with Crippen molar-refractivity contribution in [2.75, 3.05) is 0 Å². The number of benzene rings is 6. The molecule has 0 aromatic heterocycles. The van der Waals surface area contributed by atoms with Gasteiger partial charge in [-0.1, -0.05) is 0 Å². The molecule has 0 radical (unpaired) electrons. The molecule has 2 aliphatic rings. The Hall–Kier alpha value is -4.74. The maximum atomic E-state index is 14.1. The Morgan fingerprint density at radius 2 is 0.875 bits per heavy atom. The summed E-state index contributed by atoms with van der Waals surface area (Å²) in [4.78, 5) is 28.1. The van der Waals surface area contributed by atoms with E-state index in [0.717, 1.165) is 68.5 Å². The van der Waals surface area contributed by atoms with Gasteiger partial charge >= 0.3 is 392 Å². The zero-order valence-corrected chi connectivity index (χ0v) is 42.9.